The highest BCUT2D eigenvalue weighted by atomic mass is 16.5. The first kappa shape index (κ1) is 10.8. The minimum absolute atomic E-state index is 0.0265. The quantitative estimate of drug-likeness (QED) is 0.333. The first-order valence-electron chi connectivity index (χ1n) is 5.78. The average molecular weight is 240 g/mol. The van der Waals surface area contributed by atoms with Crippen LogP contribution in [0.5, 0.6) is 5.75 Å². The van der Waals surface area contributed by atoms with Gasteiger partial charge in [-0.3, -0.25) is 0 Å². The van der Waals surface area contributed by atoms with E-state index in [0.29, 0.717) is 17.7 Å². The Labute approximate surface area is 104 Å². The maximum Gasteiger partial charge on any atom is 0.343 e. The summed E-state index contributed by atoms with van der Waals surface area (Å²) in [6.07, 6.45) is 0.415. The van der Waals surface area contributed by atoms with Crippen LogP contribution in [0.4, 0.5) is 0 Å². The van der Waals surface area contributed by atoms with Gasteiger partial charge in [0.1, 0.15) is 5.75 Å². The van der Waals surface area contributed by atoms with E-state index < -0.39 is 5.97 Å². The van der Waals surface area contributed by atoms with Crippen LogP contribution in [0.2, 0.25) is 0 Å². The van der Waals surface area contributed by atoms with Crippen molar-refractivity contribution < 1.29 is 14.6 Å². The molecule has 3 rings (SSSR count). The Morgan fingerprint density at radius 3 is 2.78 bits per heavy atom. The lowest BCUT2D eigenvalue weighted by molar-refractivity contribution is -0.131. The molecule has 1 aliphatic heterocycles. The predicted molar refractivity (Wildman–Crippen MR) is 68.6 cm³/mol. The summed E-state index contributed by atoms with van der Waals surface area (Å²) in [5, 5.41) is 11.7. The van der Waals surface area contributed by atoms with E-state index in [2.05, 4.69) is 0 Å². The summed E-state index contributed by atoms with van der Waals surface area (Å²) in [5.41, 5.74) is 1.29. The van der Waals surface area contributed by atoms with Crippen molar-refractivity contribution in [3.63, 3.8) is 0 Å². The molecule has 0 amide bonds. The first-order chi connectivity index (χ1) is 8.66. The van der Waals surface area contributed by atoms with E-state index in [0.717, 1.165) is 16.3 Å². The molecule has 2 aromatic rings. The largest absolute Gasteiger partial charge is 0.512 e. The van der Waals surface area contributed by atoms with Crippen molar-refractivity contribution in [1.29, 1.82) is 0 Å². The number of hydrogen-bond acceptors (Lipinski definition) is 3. The molecule has 1 heterocycles. The van der Waals surface area contributed by atoms with Crippen LogP contribution >= 0.6 is 0 Å². The third-order valence-corrected chi connectivity index (χ3v) is 3.24. The van der Waals surface area contributed by atoms with E-state index in [-0.39, 0.29) is 5.76 Å². The van der Waals surface area contributed by atoms with Crippen molar-refractivity contribution in [2.75, 3.05) is 0 Å². The van der Waals surface area contributed by atoms with Gasteiger partial charge in [0.05, 0.1) is 11.3 Å². The number of esters is 1. The number of ether oxygens (including phenoxy) is 1. The molecule has 0 atom stereocenters. The minimum atomic E-state index is -0.460. The zero-order valence-corrected chi connectivity index (χ0v) is 9.93. The monoisotopic (exact) mass is 240 g/mol. The second kappa shape index (κ2) is 3.88. The van der Waals surface area contributed by atoms with E-state index in [4.69, 9.17) is 4.74 Å². The highest BCUT2D eigenvalue weighted by Crippen LogP contribution is 2.34. The summed E-state index contributed by atoms with van der Waals surface area (Å²) in [6, 6.07) is 11.7. The molecule has 0 saturated carbocycles. The Morgan fingerprint density at radius 1 is 1.22 bits per heavy atom. The van der Waals surface area contributed by atoms with Gasteiger partial charge in [-0.1, -0.05) is 30.3 Å². The summed E-state index contributed by atoms with van der Waals surface area (Å²) in [4.78, 5) is 11.7. The van der Waals surface area contributed by atoms with Gasteiger partial charge in [0.2, 0.25) is 0 Å². The van der Waals surface area contributed by atoms with Gasteiger partial charge in [0.15, 0.2) is 0 Å². The molecule has 0 fully saturated rings. The summed E-state index contributed by atoms with van der Waals surface area (Å²) in [5.74, 6) is 0.153. The van der Waals surface area contributed by atoms with Gasteiger partial charge in [-0.2, -0.15) is 0 Å². The van der Waals surface area contributed by atoms with Crippen LogP contribution in [0.3, 0.4) is 0 Å². The fourth-order valence-corrected chi connectivity index (χ4v) is 2.28. The molecule has 1 aliphatic rings. The summed E-state index contributed by atoms with van der Waals surface area (Å²) >= 11 is 0. The molecular formula is C15H12O3. The second-order valence-electron chi connectivity index (χ2n) is 4.39. The third-order valence-electron chi connectivity index (χ3n) is 3.24. The molecule has 90 valence electrons. The highest BCUT2D eigenvalue weighted by Gasteiger charge is 2.25. The number of aliphatic hydroxyl groups is 1. The molecule has 0 aliphatic carbocycles. The molecule has 0 spiro atoms. The van der Waals surface area contributed by atoms with Crippen molar-refractivity contribution >= 4 is 16.7 Å². The Balaban J connectivity index is 2.26. The Bertz CT molecular complexity index is 679. The molecule has 0 bridgehead atoms. The molecule has 0 unspecified atom stereocenters. The SMILES string of the molecule is C/C(O)=C1\Cc2c(ccc3ccccc23)OC1=O. The predicted octanol–water partition coefficient (Wildman–Crippen LogP) is 3.13. The number of allylic oxidation sites excluding steroid dienone is 1. The van der Waals surface area contributed by atoms with E-state index in [1.807, 2.05) is 30.3 Å². The van der Waals surface area contributed by atoms with Crippen molar-refractivity contribution in [3.05, 3.63) is 53.3 Å². The number of hydrogen-bond donors (Lipinski definition) is 1. The minimum Gasteiger partial charge on any atom is -0.512 e. The second-order valence-corrected chi connectivity index (χ2v) is 4.39. The van der Waals surface area contributed by atoms with Crippen LogP contribution in [0.1, 0.15) is 12.5 Å². The van der Waals surface area contributed by atoms with E-state index >= 15 is 0 Å². The summed E-state index contributed by atoms with van der Waals surface area (Å²) in [7, 11) is 0. The standard InChI is InChI=1S/C15H12O3/c1-9(16)12-8-13-11-5-3-2-4-10(11)6-7-14(13)18-15(12)17/h2-7,16H,8H2,1H3/b12-9-. The maximum atomic E-state index is 11.7. The van der Waals surface area contributed by atoms with Gasteiger partial charge in [-0.15, -0.1) is 0 Å². The van der Waals surface area contributed by atoms with Gasteiger partial charge < -0.3 is 9.84 Å². The van der Waals surface area contributed by atoms with Crippen molar-refractivity contribution in [3.8, 4) is 5.75 Å². The molecule has 0 radical (unpaired) electrons. The smallest absolute Gasteiger partial charge is 0.343 e. The molecule has 1 N–H and O–H groups in total. The fraction of sp³-hybridized carbons (Fsp3) is 0.133. The molecule has 3 heteroatoms. The normalized spacial score (nSPS) is 17.3. The number of benzene rings is 2. The van der Waals surface area contributed by atoms with Crippen LogP contribution in [-0.2, 0) is 11.2 Å². The van der Waals surface area contributed by atoms with Crippen LogP contribution < -0.4 is 4.74 Å². The molecule has 3 nitrogen and oxygen atoms in total. The number of fused-ring (bicyclic) bond motifs is 3. The van der Waals surface area contributed by atoms with Crippen LogP contribution in [-0.4, -0.2) is 11.1 Å². The number of carbonyl (C=O) groups excluding carboxylic acids is 1. The van der Waals surface area contributed by atoms with Crippen LogP contribution in [0, 0.1) is 0 Å². The number of carbonyl (C=O) groups is 1. The lowest BCUT2D eigenvalue weighted by Crippen LogP contribution is -2.20. The third kappa shape index (κ3) is 1.56. The van der Waals surface area contributed by atoms with E-state index in [1.54, 1.807) is 6.07 Å². The highest BCUT2D eigenvalue weighted by molar-refractivity contribution is 5.97. The number of rotatable bonds is 0. The first-order valence-corrected chi connectivity index (χ1v) is 5.78. The van der Waals surface area contributed by atoms with Crippen molar-refractivity contribution in [2.24, 2.45) is 0 Å². The lowest BCUT2D eigenvalue weighted by atomic mass is 9.95. The Morgan fingerprint density at radius 2 is 2.00 bits per heavy atom. The Hall–Kier alpha value is -2.29. The Kier molecular flexibility index (Phi) is 2.33. The molecule has 0 aromatic heterocycles. The number of aliphatic hydroxyl groups excluding tert-OH is 1. The van der Waals surface area contributed by atoms with Gasteiger partial charge >= 0.3 is 5.97 Å². The molecule has 2 aromatic carbocycles. The maximum absolute atomic E-state index is 11.7. The van der Waals surface area contributed by atoms with Gasteiger partial charge in [0, 0.05) is 12.0 Å². The van der Waals surface area contributed by atoms with Crippen LogP contribution in [0.25, 0.3) is 10.8 Å². The van der Waals surface area contributed by atoms with Gasteiger partial charge in [-0.05, 0) is 23.8 Å². The average Bonchev–Trinajstić information content (AvgIpc) is 2.37. The zero-order valence-electron chi connectivity index (χ0n) is 9.93. The lowest BCUT2D eigenvalue weighted by Gasteiger charge is -2.20. The molecule has 18 heavy (non-hydrogen) atoms. The van der Waals surface area contributed by atoms with Crippen molar-refractivity contribution in [2.45, 2.75) is 13.3 Å². The van der Waals surface area contributed by atoms with Gasteiger partial charge in [0.25, 0.3) is 0 Å². The molecule has 0 saturated heterocycles. The van der Waals surface area contributed by atoms with E-state index in [9.17, 15) is 9.90 Å². The summed E-state index contributed by atoms with van der Waals surface area (Å²) in [6.45, 7) is 1.51. The summed E-state index contributed by atoms with van der Waals surface area (Å²) < 4.78 is 5.26. The van der Waals surface area contributed by atoms with E-state index in [1.165, 1.54) is 6.92 Å². The fourth-order valence-electron chi connectivity index (χ4n) is 2.28. The zero-order chi connectivity index (χ0) is 12.7. The van der Waals surface area contributed by atoms with Crippen molar-refractivity contribution in [1.82, 2.24) is 0 Å². The van der Waals surface area contributed by atoms with Crippen LogP contribution in [0.15, 0.2) is 47.7 Å². The topological polar surface area (TPSA) is 46.5 Å². The van der Waals surface area contributed by atoms with Gasteiger partial charge in [-0.25, -0.2) is 4.79 Å². The molecular weight excluding hydrogens is 228 g/mol.